The van der Waals surface area contributed by atoms with Crippen LogP contribution < -0.4 is 10.5 Å². The Morgan fingerprint density at radius 1 is 1.38 bits per heavy atom. The number of rotatable bonds is 5. The Kier molecular flexibility index (Phi) is 5.59. The zero-order chi connectivity index (χ0) is 15.2. The molecule has 0 amide bonds. The number of hydrogen-bond acceptors (Lipinski definition) is 5. The molecule has 0 saturated carbocycles. The molecule has 2 unspecified atom stereocenters. The van der Waals surface area contributed by atoms with Crippen molar-refractivity contribution in [2.45, 2.75) is 24.8 Å². The first-order chi connectivity index (χ1) is 10.1. The van der Waals surface area contributed by atoms with E-state index in [0.717, 1.165) is 25.3 Å². The second-order valence-corrected chi connectivity index (χ2v) is 5.56. The van der Waals surface area contributed by atoms with Crippen molar-refractivity contribution >= 4 is 5.97 Å². The number of hydrogen-bond donors (Lipinski definition) is 1. The third kappa shape index (κ3) is 4.44. The van der Waals surface area contributed by atoms with Crippen LogP contribution in [0.15, 0.2) is 24.3 Å². The number of carbonyl (C=O) groups excluding carboxylic acids is 1. The summed E-state index contributed by atoms with van der Waals surface area (Å²) in [7, 11) is 3.09. The molecule has 1 heterocycles. The predicted molar refractivity (Wildman–Crippen MR) is 81.4 cm³/mol. The summed E-state index contributed by atoms with van der Waals surface area (Å²) in [6, 6.07) is 8.27. The normalized spacial score (nSPS) is 22.8. The van der Waals surface area contributed by atoms with E-state index in [4.69, 9.17) is 15.2 Å². The van der Waals surface area contributed by atoms with Crippen LogP contribution in [0.3, 0.4) is 0 Å². The summed E-state index contributed by atoms with van der Waals surface area (Å²) < 4.78 is 9.98. The van der Waals surface area contributed by atoms with Crippen LogP contribution >= 0.6 is 0 Å². The molecule has 0 spiro atoms. The Morgan fingerprint density at radius 2 is 2.19 bits per heavy atom. The number of nitrogens with zero attached hydrogens (tertiary/aromatic N) is 1. The first-order valence-corrected chi connectivity index (χ1v) is 7.31. The number of ether oxygens (including phenoxy) is 2. The van der Waals surface area contributed by atoms with Crippen LogP contribution in [0.1, 0.15) is 24.3 Å². The van der Waals surface area contributed by atoms with E-state index in [1.807, 2.05) is 12.1 Å². The van der Waals surface area contributed by atoms with Gasteiger partial charge in [0, 0.05) is 25.7 Å². The van der Waals surface area contributed by atoms with E-state index in [0.29, 0.717) is 18.9 Å². The Bertz CT molecular complexity index is 478. The molecule has 0 bridgehead atoms. The average molecular weight is 292 g/mol. The van der Waals surface area contributed by atoms with Crippen LogP contribution in [-0.4, -0.2) is 50.8 Å². The number of piperidine rings is 1. The third-order valence-electron chi connectivity index (χ3n) is 3.98. The first-order valence-electron chi connectivity index (χ1n) is 7.31. The molecule has 1 saturated heterocycles. The predicted octanol–water partition coefficient (Wildman–Crippen LogP) is 1.37. The Balaban J connectivity index is 2.01. The standard InChI is InChI=1S/C16H24N2O3/c1-20-15-5-3-4-12(9-15)13-8-14(17)11-18(10-13)7-6-16(19)21-2/h3-5,9,13-14H,6-8,10-11,17H2,1-2H3. The van der Waals surface area contributed by atoms with Gasteiger partial charge in [0.1, 0.15) is 5.75 Å². The summed E-state index contributed by atoms with van der Waals surface area (Å²) in [5.74, 6) is 1.07. The van der Waals surface area contributed by atoms with Crippen molar-refractivity contribution < 1.29 is 14.3 Å². The highest BCUT2D eigenvalue weighted by Crippen LogP contribution is 2.28. The largest absolute Gasteiger partial charge is 0.497 e. The molecule has 2 atom stereocenters. The molecule has 116 valence electrons. The quantitative estimate of drug-likeness (QED) is 0.831. The van der Waals surface area contributed by atoms with Gasteiger partial charge >= 0.3 is 5.97 Å². The van der Waals surface area contributed by atoms with Crippen molar-refractivity contribution in [3.05, 3.63) is 29.8 Å². The smallest absolute Gasteiger partial charge is 0.306 e. The minimum atomic E-state index is -0.174. The fourth-order valence-corrected chi connectivity index (χ4v) is 2.90. The number of likely N-dealkylation sites (tertiary alicyclic amines) is 1. The average Bonchev–Trinajstić information content (AvgIpc) is 2.52. The van der Waals surface area contributed by atoms with Crippen molar-refractivity contribution in [1.29, 1.82) is 0 Å². The summed E-state index contributed by atoms with van der Waals surface area (Å²) in [4.78, 5) is 13.5. The van der Waals surface area contributed by atoms with Crippen molar-refractivity contribution in [3.63, 3.8) is 0 Å². The molecule has 0 aromatic heterocycles. The van der Waals surface area contributed by atoms with Gasteiger partial charge in [-0.15, -0.1) is 0 Å². The Morgan fingerprint density at radius 3 is 2.90 bits per heavy atom. The summed E-state index contributed by atoms with van der Waals surface area (Å²) >= 11 is 0. The van der Waals surface area contributed by atoms with Gasteiger partial charge in [-0.05, 0) is 30.0 Å². The highest BCUT2D eigenvalue weighted by molar-refractivity contribution is 5.69. The van der Waals surface area contributed by atoms with E-state index < -0.39 is 0 Å². The second-order valence-electron chi connectivity index (χ2n) is 5.56. The minimum absolute atomic E-state index is 0.132. The molecule has 1 aliphatic heterocycles. The molecule has 1 aromatic rings. The van der Waals surface area contributed by atoms with Crippen LogP contribution in [-0.2, 0) is 9.53 Å². The summed E-state index contributed by atoms with van der Waals surface area (Å²) in [5, 5.41) is 0. The molecular formula is C16H24N2O3. The SMILES string of the molecule is COC(=O)CCN1CC(N)CC(c2cccc(OC)c2)C1. The number of benzene rings is 1. The Hall–Kier alpha value is -1.59. The van der Waals surface area contributed by atoms with E-state index >= 15 is 0 Å². The van der Waals surface area contributed by atoms with Gasteiger partial charge in [-0.3, -0.25) is 4.79 Å². The minimum Gasteiger partial charge on any atom is -0.497 e. The summed E-state index contributed by atoms with van der Waals surface area (Å²) in [6.07, 6.45) is 1.37. The number of nitrogens with two attached hydrogens (primary N) is 1. The lowest BCUT2D eigenvalue weighted by atomic mass is 9.88. The number of esters is 1. The van der Waals surface area contributed by atoms with E-state index in [1.165, 1.54) is 12.7 Å². The van der Waals surface area contributed by atoms with E-state index in [1.54, 1.807) is 7.11 Å². The lowest BCUT2D eigenvalue weighted by Crippen LogP contribution is -2.46. The molecule has 1 fully saturated rings. The molecule has 1 aliphatic rings. The molecule has 2 N–H and O–H groups in total. The van der Waals surface area contributed by atoms with E-state index in [2.05, 4.69) is 17.0 Å². The lowest BCUT2D eigenvalue weighted by molar-refractivity contribution is -0.141. The third-order valence-corrected chi connectivity index (χ3v) is 3.98. The van der Waals surface area contributed by atoms with Crippen molar-refractivity contribution in [1.82, 2.24) is 4.90 Å². The molecular weight excluding hydrogens is 268 g/mol. The van der Waals surface area contributed by atoms with Gasteiger partial charge in [0.2, 0.25) is 0 Å². The molecule has 0 aliphatic carbocycles. The van der Waals surface area contributed by atoms with Crippen molar-refractivity contribution in [3.8, 4) is 5.75 Å². The van der Waals surface area contributed by atoms with Gasteiger partial charge in [-0.2, -0.15) is 0 Å². The molecule has 5 nitrogen and oxygen atoms in total. The van der Waals surface area contributed by atoms with Gasteiger partial charge in [-0.1, -0.05) is 12.1 Å². The summed E-state index contributed by atoms with van der Waals surface area (Å²) in [6.45, 7) is 2.44. The van der Waals surface area contributed by atoms with E-state index in [-0.39, 0.29) is 12.0 Å². The van der Waals surface area contributed by atoms with Gasteiger partial charge in [0.15, 0.2) is 0 Å². The van der Waals surface area contributed by atoms with Gasteiger partial charge in [-0.25, -0.2) is 0 Å². The fourth-order valence-electron chi connectivity index (χ4n) is 2.90. The maximum atomic E-state index is 11.3. The van der Waals surface area contributed by atoms with Crippen LogP contribution in [0.5, 0.6) is 5.75 Å². The number of carbonyl (C=O) groups is 1. The van der Waals surface area contributed by atoms with Crippen LogP contribution in [0.4, 0.5) is 0 Å². The molecule has 2 rings (SSSR count). The van der Waals surface area contributed by atoms with Crippen LogP contribution in [0.25, 0.3) is 0 Å². The van der Waals surface area contributed by atoms with Gasteiger partial charge in [0.25, 0.3) is 0 Å². The highest BCUT2D eigenvalue weighted by Gasteiger charge is 2.26. The molecule has 5 heteroatoms. The highest BCUT2D eigenvalue weighted by atomic mass is 16.5. The maximum Gasteiger partial charge on any atom is 0.306 e. The zero-order valence-electron chi connectivity index (χ0n) is 12.7. The van der Waals surface area contributed by atoms with E-state index in [9.17, 15) is 4.79 Å². The molecule has 1 aromatic carbocycles. The van der Waals surface area contributed by atoms with Gasteiger partial charge < -0.3 is 20.1 Å². The monoisotopic (exact) mass is 292 g/mol. The zero-order valence-corrected chi connectivity index (χ0v) is 12.7. The topological polar surface area (TPSA) is 64.8 Å². The fraction of sp³-hybridized carbons (Fsp3) is 0.562. The van der Waals surface area contributed by atoms with Crippen LogP contribution in [0.2, 0.25) is 0 Å². The van der Waals surface area contributed by atoms with Crippen LogP contribution in [0, 0.1) is 0 Å². The van der Waals surface area contributed by atoms with Gasteiger partial charge in [0.05, 0.1) is 20.6 Å². The lowest BCUT2D eigenvalue weighted by Gasteiger charge is -2.36. The van der Waals surface area contributed by atoms with Crippen molar-refractivity contribution in [2.75, 3.05) is 33.9 Å². The summed E-state index contributed by atoms with van der Waals surface area (Å²) in [5.41, 5.74) is 7.42. The number of methoxy groups -OCH3 is 2. The first kappa shape index (κ1) is 15.8. The molecule has 0 radical (unpaired) electrons. The Labute approximate surface area is 126 Å². The van der Waals surface area contributed by atoms with Crippen molar-refractivity contribution in [2.24, 2.45) is 5.73 Å². The maximum absolute atomic E-state index is 11.3. The second kappa shape index (κ2) is 7.43. The molecule has 21 heavy (non-hydrogen) atoms.